The number of rotatable bonds is 5. The van der Waals surface area contributed by atoms with Crippen LogP contribution in [0.4, 0.5) is 0 Å². The maximum Gasteiger partial charge on any atom is 0.330 e. The number of carbonyl (C=O) groups excluding carboxylic acids is 1. The molecular formula is C39H56O4. The summed E-state index contributed by atoms with van der Waals surface area (Å²) in [5.41, 5.74) is 2.88. The molecule has 4 heteroatoms. The van der Waals surface area contributed by atoms with E-state index >= 15 is 0 Å². The number of fused-ring (bicyclic) bond motifs is 7. The minimum atomic E-state index is -0.299. The number of aliphatic hydroxyl groups is 1. The van der Waals surface area contributed by atoms with Crippen molar-refractivity contribution in [2.24, 2.45) is 56.7 Å². The number of phenols is 1. The molecule has 0 aliphatic heterocycles. The van der Waals surface area contributed by atoms with Crippen LogP contribution in [0, 0.1) is 56.7 Å². The van der Waals surface area contributed by atoms with Gasteiger partial charge in [-0.25, -0.2) is 4.79 Å². The van der Waals surface area contributed by atoms with Gasteiger partial charge in [-0.2, -0.15) is 0 Å². The van der Waals surface area contributed by atoms with E-state index in [1.807, 2.05) is 6.07 Å². The summed E-state index contributed by atoms with van der Waals surface area (Å²) in [6.45, 7) is 19.8. The first kappa shape index (κ1) is 30.9. The molecule has 4 nitrogen and oxygen atoms in total. The van der Waals surface area contributed by atoms with Gasteiger partial charge >= 0.3 is 5.97 Å². The molecule has 1 aromatic carbocycles. The first-order chi connectivity index (χ1) is 20.2. The van der Waals surface area contributed by atoms with Crippen molar-refractivity contribution in [2.45, 2.75) is 112 Å². The summed E-state index contributed by atoms with van der Waals surface area (Å²) in [7, 11) is 0. The standard InChI is InChI=1S/C39H56O4/c1-25(2)28-15-20-39(24-43-33(42)14-11-26-9-8-10-27(40)23-26)22-21-37(6)29(34(28)39)12-13-31-36(5)18-17-32(41)35(3,4)30(36)16-19-38(31,37)7/h8-11,14,23,28-32,34,40-41H,1,12-13,15-22,24H2,2-7H3/t28-,29+,30-,31+,32-,34+,36-,37+,38+,39+/m0/s1. The van der Waals surface area contributed by atoms with Gasteiger partial charge in [0, 0.05) is 11.5 Å². The van der Waals surface area contributed by atoms with Gasteiger partial charge < -0.3 is 14.9 Å². The topological polar surface area (TPSA) is 66.8 Å². The second-order valence-corrected chi connectivity index (χ2v) is 17.0. The van der Waals surface area contributed by atoms with E-state index in [0.29, 0.717) is 36.2 Å². The zero-order chi connectivity index (χ0) is 31.0. The molecule has 43 heavy (non-hydrogen) atoms. The van der Waals surface area contributed by atoms with Crippen LogP contribution in [0.2, 0.25) is 0 Å². The second-order valence-electron chi connectivity index (χ2n) is 17.0. The molecule has 0 aromatic heterocycles. The number of hydrogen-bond donors (Lipinski definition) is 2. The zero-order valence-electron chi connectivity index (χ0n) is 27.6. The lowest BCUT2D eigenvalue weighted by atomic mass is 9.32. The van der Waals surface area contributed by atoms with E-state index in [0.717, 1.165) is 37.7 Å². The molecule has 236 valence electrons. The van der Waals surface area contributed by atoms with Crippen molar-refractivity contribution in [3.05, 3.63) is 48.1 Å². The largest absolute Gasteiger partial charge is 0.508 e. The van der Waals surface area contributed by atoms with E-state index in [-0.39, 0.29) is 44.9 Å². The molecule has 0 unspecified atom stereocenters. The highest BCUT2D eigenvalue weighted by Gasteiger charge is 2.71. The van der Waals surface area contributed by atoms with E-state index in [1.54, 1.807) is 24.3 Å². The summed E-state index contributed by atoms with van der Waals surface area (Å²) in [5, 5.41) is 20.8. The molecule has 0 spiro atoms. The number of esters is 1. The first-order valence-electron chi connectivity index (χ1n) is 17.2. The number of benzene rings is 1. The van der Waals surface area contributed by atoms with Gasteiger partial charge in [0.2, 0.25) is 0 Å². The molecular weight excluding hydrogens is 532 g/mol. The third-order valence-corrected chi connectivity index (χ3v) is 15.0. The molecule has 6 rings (SSSR count). The number of carbonyl (C=O) groups is 1. The molecule has 0 heterocycles. The van der Waals surface area contributed by atoms with E-state index in [4.69, 9.17) is 4.74 Å². The fourth-order valence-electron chi connectivity index (χ4n) is 12.6. The summed E-state index contributed by atoms with van der Waals surface area (Å²) in [6.07, 6.45) is 14.7. The van der Waals surface area contributed by atoms with Gasteiger partial charge in [-0.15, -0.1) is 0 Å². The number of hydrogen-bond acceptors (Lipinski definition) is 4. The Balaban J connectivity index is 1.27. The fourth-order valence-corrected chi connectivity index (χ4v) is 12.6. The Labute approximate surface area is 260 Å². The average Bonchev–Trinajstić information content (AvgIpc) is 3.34. The molecule has 0 bridgehead atoms. The number of ether oxygens (including phenoxy) is 1. The van der Waals surface area contributed by atoms with Crippen LogP contribution >= 0.6 is 0 Å². The summed E-state index contributed by atoms with van der Waals surface area (Å²) < 4.78 is 6.09. The minimum Gasteiger partial charge on any atom is -0.508 e. The molecule has 0 radical (unpaired) electrons. The molecule has 10 atom stereocenters. The minimum absolute atomic E-state index is 0.0174. The third kappa shape index (κ3) is 4.59. The van der Waals surface area contributed by atoms with Gasteiger partial charge in [0.05, 0.1) is 12.7 Å². The van der Waals surface area contributed by atoms with Crippen LogP contribution in [0.3, 0.4) is 0 Å². The average molecular weight is 589 g/mol. The molecule has 1 aromatic rings. The molecule has 0 saturated heterocycles. The lowest BCUT2D eigenvalue weighted by Gasteiger charge is -2.73. The van der Waals surface area contributed by atoms with Crippen LogP contribution in [0.5, 0.6) is 5.75 Å². The highest BCUT2D eigenvalue weighted by atomic mass is 16.5. The van der Waals surface area contributed by atoms with Gasteiger partial charge in [0.1, 0.15) is 5.75 Å². The Hall–Kier alpha value is -2.07. The second kappa shape index (κ2) is 10.5. The molecule has 5 saturated carbocycles. The number of allylic oxidation sites excluding steroid dienone is 1. The van der Waals surface area contributed by atoms with Crippen molar-refractivity contribution in [3.63, 3.8) is 0 Å². The van der Waals surface area contributed by atoms with Crippen LogP contribution in [0.1, 0.15) is 111 Å². The van der Waals surface area contributed by atoms with E-state index in [9.17, 15) is 15.0 Å². The van der Waals surface area contributed by atoms with Crippen LogP contribution < -0.4 is 0 Å². The summed E-state index contributed by atoms with van der Waals surface area (Å²) in [4.78, 5) is 13.0. The molecule has 2 N–H and O–H groups in total. The molecule has 5 aliphatic rings. The van der Waals surface area contributed by atoms with Gasteiger partial charge in [-0.3, -0.25) is 0 Å². The number of aliphatic hydroxyl groups excluding tert-OH is 1. The van der Waals surface area contributed by atoms with Gasteiger partial charge in [0.25, 0.3) is 0 Å². The first-order valence-corrected chi connectivity index (χ1v) is 17.2. The third-order valence-electron chi connectivity index (χ3n) is 15.0. The van der Waals surface area contributed by atoms with Crippen molar-refractivity contribution >= 4 is 12.0 Å². The fraction of sp³-hybridized carbons (Fsp3) is 0.718. The van der Waals surface area contributed by atoms with Crippen molar-refractivity contribution in [1.82, 2.24) is 0 Å². The van der Waals surface area contributed by atoms with E-state index < -0.39 is 0 Å². The monoisotopic (exact) mass is 588 g/mol. The van der Waals surface area contributed by atoms with Crippen LogP contribution in [-0.2, 0) is 9.53 Å². The van der Waals surface area contributed by atoms with E-state index in [1.165, 1.54) is 43.8 Å². The number of phenolic OH excluding ortho intramolecular Hbond substituents is 1. The maximum absolute atomic E-state index is 13.0. The predicted molar refractivity (Wildman–Crippen MR) is 173 cm³/mol. The van der Waals surface area contributed by atoms with Gasteiger partial charge in [-0.05, 0) is 146 Å². The Kier molecular flexibility index (Phi) is 7.55. The highest BCUT2D eigenvalue weighted by Crippen LogP contribution is 2.77. The van der Waals surface area contributed by atoms with Crippen LogP contribution in [-0.4, -0.2) is 28.9 Å². The van der Waals surface area contributed by atoms with Crippen molar-refractivity contribution in [2.75, 3.05) is 6.61 Å². The Bertz CT molecular complexity index is 1300. The normalized spacial score (nSPS) is 45.0. The van der Waals surface area contributed by atoms with Crippen molar-refractivity contribution < 1.29 is 19.7 Å². The van der Waals surface area contributed by atoms with Gasteiger partial charge in [0.15, 0.2) is 0 Å². The quantitative estimate of drug-likeness (QED) is 0.205. The van der Waals surface area contributed by atoms with Crippen molar-refractivity contribution in [1.29, 1.82) is 0 Å². The molecule has 5 aliphatic carbocycles. The lowest BCUT2D eigenvalue weighted by Crippen LogP contribution is -2.66. The summed E-state index contributed by atoms with van der Waals surface area (Å²) >= 11 is 0. The predicted octanol–water partition coefficient (Wildman–Crippen LogP) is 8.97. The smallest absolute Gasteiger partial charge is 0.330 e. The van der Waals surface area contributed by atoms with E-state index in [2.05, 4.69) is 48.1 Å². The van der Waals surface area contributed by atoms with Crippen molar-refractivity contribution in [3.8, 4) is 5.75 Å². The SMILES string of the molecule is C=C(C)[C@@H]1CC[C@]2(COC(=O)C=Cc3cccc(O)c3)CC[C@]3(C)[C@H](CC[C@@H]4[C@@]5(C)CC[C@H](O)C(C)(C)[C@@H]5CC[C@]43C)[C@@H]12. The Morgan fingerprint density at radius 1 is 0.953 bits per heavy atom. The lowest BCUT2D eigenvalue weighted by molar-refractivity contribution is -0.249. The van der Waals surface area contributed by atoms with Gasteiger partial charge in [-0.1, -0.05) is 58.9 Å². The Morgan fingerprint density at radius 2 is 1.72 bits per heavy atom. The zero-order valence-corrected chi connectivity index (χ0v) is 27.6. The van der Waals surface area contributed by atoms with Crippen LogP contribution in [0.25, 0.3) is 6.08 Å². The summed E-state index contributed by atoms with van der Waals surface area (Å²) in [6, 6.07) is 6.93. The maximum atomic E-state index is 13.0. The highest BCUT2D eigenvalue weighted by molar-refractivity contribution is 5.87. The summed E-state index contributed by atoms with van der Waals surface area (Å²) in [5.74, 6) is 2.75. The Morgan fingerprint density at radius 3 is 2.44 bits per heavy atom. The molecule has 5 fully saturated rings. The number of aromatic hydroxyl groups is 1. The molecule has 0 amide bonds. The van der Waals surface area contributed by atoms with Crippen LogP contribution in [0.15, 0.2) is 42.5 Å².